The van der Waals surface area contributed by atoms with Gasteiger partial charge in [0.2, 0.25) is 5.78 Å². The van der Waals surface area contributed by atoms with Crippen LogP contribution in [0.3, 0.4) is 0 Å². The Morgan fingerprint density at radius 1 is 1.16 bits per heavy atom. The maximum atomic E-state index is 14.0. The number of aliphatic hydroxyl groups is 3. The van der Waals surface area contributed by atoms with Crippen molar-refractivity contribution < 1.29 is 44.3 Å². The maximum Gasteiger partial charge on any atom is 0.305 e. The highest BCUT2D eigenvalue weighted by Gasteiger charge is 2.69. The van der Waals surface area contributed by atoms with Crippen LogP contribution >= 0.6 is 0 Å². The molecule has 6 atom stereocenters. The number of Topliss-reactive ketones (excluding diaryl/α,β-unsaturated/α-hetero) is 2. The van der Waals surface area contributed by atoms with Crippen LogP contribution in [0.25, 0.3) is 5.76 Å². The molecular weight excluding hydrogens is 486 g/mol. The Morgan fingerprint density at radius 3 is 2.32 bits per heavy atom. The lowest BCUT2D eigenvalue weighted by molar-refractivity contribution is -0.185. The van der Waals surface area contributed by atoms with Crippen molar-refractivity contribution in [1.29, 1.82) is 0 Å². The highest BCUT2D eigenvalue weighted by Crippen LogP contribution is 2.57. The van der Waals surface area contributed by atoms with E-state index in [0.29, 0.717) is 5.56 Å². The summed E-state index contributed by atoms with van der Waals surface area (Å²) in [6.45, 7) is 3.19. The first-order valence-electron chi connectivity index (χ1n) is 11.7. The number of hydrogen-bond acceptors (Lipinski definition) is 11. The van der Waals surface area contributed by atoms with E-state index in [2.05, 4.69) is 0 Å². The molecule has 0 saturated heterocycles. The SMILES string of the molecule is CCC(=O)O[C@H]1[C@H]2C(=C(O)c3c(ccc(N)c3O)[C@@H]2C)C(=O)[C@]2(O)C(O)=C(C(N)=O)C(=O)C(N(C)C)[C@H]12. The lowest BCUT2D eigenvalue weighted by Gasteiger charge is -2.54. The zero-order valence-corrected chi connectivity index (χ0v) is 20.7. The number of rotatable bonds is 4. The molecule has 4 rings (SSSR count). The highest BCUT2D eigenvalue weighted by molar-refractivity contribution is 6.24. The summed E-state index contributed by atoms with van der Waals surface area (Å²) in [7, 11) is 2.91. The van der Waals surface area contributed by atoms with Gasteiger partial charge >= 0.3 is 5.97 Å². The van der Waals surface area contributed by atoms with E-state index in [-0.39, 0.29) is 17.7 Å². The summed E-state index contributed by atoms with van der Waals surface area (Å²) >= 11 is 0. The molecule has 1 aromatic carbocycles. The molecule has 0 bridgehead atoms. The van der Waals surface area contributed by atoms with Crippen LogP contribution in [0.4, 0.5) is 5.69 Å². The third kappa shape index (κ3) is 3.36. The minimum atomic E-state index is -2.97. The summed E-state index contributed by atoms with van der Waals surface area (Å²) in [5.74, 6) is -10.2. The zero-order chi connectivity index (χ0) is 27.7. The van der Waals surface area contributed by atoms with Gasteiger partial charge in [-0.2, -0.15) is 0 Å². The van der Waals surface area contributed by atoms with Gasteiger partial charge < -0.3 is 36.6 Å². The van der Waals surface area contributed by atoms with E-state index >= 15 is 0 Å². The number of nitrogens with zero attached hydrogens (tertiary/aromatic N) is 1. The fourth-order valence-electron chi connectivity index (χ4n) is 5.98. The summed E-state index contributed by atoms with van der Waals surface area (Å²) < 4.78 is 5.74. The standard InChI is InChI=1S/C25H29N3O9/c1-5-11(29)37-21-12-8(2)9-6-7-10(26)18(30)13(9)19(31)14(12)22(33)25(36)16(21)17(28(3)4)20(32)15(23(25)34)24(27)35/h6-8,12,16-17,21,30-31,34,36H,5,26H2,1-4H3,(H2,27,35)/t8-,12+,16+,17?,21-,25-/m0/s1. The largest absolute Gasteiger partial charge is 0.508 e. The number of ketones is 2. The van der Waals surface area contributed by atoms with Crippen LogP contribution in [0.5, 0.6) is 5.75 Å². The summed E-state index contributed by atoms with van der Waals surface area (Å²) in [6, 6.07) is 1.54. The number of aromatic hydroxyl groups is 1. The molecule has 1 unspecified atom stereocenters. The Balaban J connectivity index is 2.12. The van der Waals surface area contributed by atoms with Crippen LogP contribution in [0.15, 0.2) is 29.0 Å². The first-order valence-corrected chi connectivity index (χ1v) is 11.7. The average molecular weight is 516 g/mol. The molecule has 1 aromatic rings. The van der Waals surface area contributed by atoms with E-state index in [1.807, 2.05) is 0 Å². The van der Waals surface area contributed by atoms with Gasteiger partial charge in [-0.3, -0.25) is 24.1 Å². The van der Waals surface area contributed by atoms with Gasteiger partial charge in [-0.1, -0.05) is 19.9 Å². The van der Waals surface area contributed by atoms with Crippen LogP contribution in [0.2, 0.25) is 0 Å². The lowest BCUT2D eigenvalue weighted by Crippen LogP contribution is -2.71. The van der Waals surface area contributed by atoms with Gasteiger partial charge in [0.25, 0.3) is 5.91 Å². The zero-order valence-electron chi connectivity index (χ0n) is 20.7. The maximum absolute atomic E-state index is 14.0. The molecule has 8 N–H and O–H groups in total. The third-order valence-corrected chi connectivity index (χ3v) is 7.69. The smallest absolute Gasteiger partial charge is 0.305 e. The summed E-state index contributed by atoms with van der Waals surface area (Å²) in [5.41, 5.74) is 6.91. The Bertz CT molecular complexity index is 1310. The first kappa shape index (κ1) is 26.2. The number of amides is 1. The van der Waals surface area contributed by atoms with E-state index < -0.39 is 87.4 Å². The van der Waals surface area contributed by atoms with Crippen molar-refractivity contribution in [2.24, 2.45) is 17.6 Å². The van der Waals surface area contributed by atoms with Crippen molar-refractivity contribution in [1.82, 2.24) is 4.90 Å². The van der Waals surface area contributed by atoms with E-state index in [1.165, 1.54) is 32.0 Å². The minimum absolute atomic E-state index is 0.0833. The number of esters is 1. The monoisotopic (exact) mass is 515 g/mol. The lowest BCUT2D eigenvalue weighted by atomic mass is 9.54. The number of phenolic OH excluding ortho intramolecular Hbond substituents is 1. The predicted octanol–water partition coefficient (Wildman–Crippen LogP) is 0.0389. The van der Waals surface area contributed by atoms with Crippen LogP contribution in [-0.4, -0.2) is 80.6 Å². The van der Waals surface area contributed by atoms with Crippen LogP contribution in [0.1, 0.15) is 37.3 Å². The van der Waals surface area contributed by atoms with Crippen molar-refractivity contribution in [2.75, 3.05) is 19.8 Å². The minimum Gasteiger partial charge on any atom is -0.508 e. The average Bonchev–Trinajstić information content (AvgIpc) is 2.82. The molecule has 3 aliphatic carbocycles. The van der Waals surface area contributed by atoms with Crippen molar-refractivity contribution in [3.05, 3.63) is 40.2 Å². The van der Waals surface area contributed by atoms with Gasteiger partial charge in [0, 0.05) is 17.9 Å². The normalized spacial score (nSPS) is 31.1. The number of primary amides is 1. The van der Waals surface area contributed by atoms with E-state index in [0.717, 1.165) is 0 Å². The van der Waals surface area contributed by atoms with E-state index in [1.54, 1.807) is 13.0 Å². The Kier molecular flexibility index (Phi) is 6.08. The van der Waals surface area contributed by atoms with Crippen LogP contribution in [0, 0.1) is 11.8 Å². The molecule has 0 heterocycles. The molecule has 12 nitrogen and oxygen atoms in total. The molecular formula is C25H29N3O9. The molecule has 12 heteroatoms. The number of benzene rings is 1. The molecule has 3 aliphatic rings. The summed E-state index contributed by atoms with van der Waals surface area (Å²) in [5, 5.41) is 44.8. The molecule has 1 amide bonds. The predicted molar refractivity (Wildman–Crippen MR) is 129 cm³/mol. The molecule has 1 saturated carbocycles. The Hall–Kier alpha value is -3.90. The molecule has 0 spiro atoms. The third-order valence-electron chi connectivity index (χ3n) is 7.69. The summed E-state index contributed by atoms with van der Waals surface area (Å²) in [6.07, 6.45) is -1.52. The second-order valence-electron chi connectivity index (χ2n) is 9.83. The molecule has 0 aliphatic heterocycles. The number of likely N-dealkylation sites (N-methyl/N-ethyl adjacent to an activating group) is 1. The second-order valence-corrected chi connectivity index (χ2v) is 9.83. The topological polar surface area (TPSA) is 214 Å². The number of phenols is 1. The van der Waals surface area contributed by atoms with Crippen molar-refractivity contribution in [3.63, 3.8) is 0 Å². The molecule has 1 fully saturated rings. The molecule has 0 radical (unpaired) electrons. The molecule has 198 valence electrons. The Labute approximate surface area is 211 Å². The fourth-order valence-corrected chi connectivity index (χ4v) is 5.98. The number of aliphatic hydroxyl groups excluding tert-OH is 2. The number of hydrogen-bond donors (Lipinski definition) is 6. The van der Waals surface area contributed by atoms with Gasteiger partial charge in [0.15, 0.2) is 11.4 Å². The van der Waals surface area contributed by atoms with Crippen LogP contribution in [-0.2, 0) is 23.9 Å². The number of fused-ring (bicyclic) bond motifs is 3. The van der Waals surface area contributed by atoms with Gasteiger partial charge in [-0.05, 0) is 31.6 Å². The number of carbonyl (C=O) groups excluding carboxylic acids is 4. The van der Waals surface area contributed by atoms with Gasteiger partial charge in [0.05, 0.1) is 23.2 Å². The molecule has 37 heavy (non-hydrogen) atoms. The number of carbonyl (C=O) groups is 4. The molecule has 0 aromatic heterocycles. The quantitative estimate of drug-likeness (QED) is 0.136. The second kappa shape index (κ2) is 8.60. The van der Waals surface area contributed by atoms with Crippen molar-refractivity contribution >= 4 is 34.9 Å². The summed E-state index contributed by atoms with van der Waals surface area (Å²) in [4.78, 5) is 53.5. The number of nitrogen functional groups attached to an aromatic ring is 1. The number of anilines is 1. The first-order chi connectivity index (χ1) is 17.2. The number of ether oxygens (including phenoxy) is 1. The highest BCUT2D eigenvalue weighted by atomic mass is 16.5. The van der Waals surface area contributed by atoms with E-state index in [4.69, 9.17) is 16.2 Å². The van der Waals surface area contributed by atoms with Crippen molar-refractivity contribution in [2.45, 2.75) is 43.9 Å². The van der Waals surface area contributed by atoms with Gasteiger partial charge in [0.1, 0.15) is 28.9 Å². The number of nitrogens with two attached hydrogens (primary N) is 2. The van der Waals surface area contributed by atoms with Crippen LogP contribution < -0.4 is 11.5 Å². The van der Waals surface area contributed by atoms with Gasteiger partial charge in [-0.25, -0.2) is 0 Å². The van der Waals surface area contributed by atoms with E-state index in [9.17, 15) is 39.6 Å². The van der Waals surface area contributed by atoms with Crippen molar-refractivity contribution in [3.8, 4) is 5.75 Å². The van der Waals surface area contributed by atoms with Gasteiger partial charge in [-0.15, -0.1) is 0 Å². The fraction of sp³-hybridized carbons (Fsp3) is 0.440. The Morgan fingerprint density at radius 2 is 1.78 bits per heavy atom.